The molecule has 1 aliphatic heterocycles. The molecule has 0 aliphatic carbocycles. The molecule has 2 aromatic rings. The van der Waals surface area contributed by atoms with Crippen molar-refractivity contribution >= 4 is 44.8 Å². The highest BCUT2D eigenvalue weighted by atomic mass is 79.9. The molecule has 1 unspecified atom stereocenters. The van der Waals surface area contributed by atoms with Gasteiger partial charge in [0.15, 0.2) is 0 Å². The third kappa shape index (κ3) is 2.57. The van der Waals surface area contributed by atoms with Crippen LogP contribution in [0.2, 0.25) is 0 Å². The van der Waals surface area contributed by atoms with Crippen molar-refractivity contribution in [1.82, 2.24) is 9.13 Å². The highest BCUT2D eigenvalue weighted by molar-refractivity contribution is 9.11. The number of fused-ring (bicyclic) bond motifs is 1. The van der Waals surface area contributed by atoms with Gasteiger partial charge < -0.3 is 4.74 Å². The van der Waals surface area contributed by atoms with Crippen LogP contribution in [0.1, 0.15) is 22.8 Å². The van der Waals surface area contributed by atoms with Gasteiger partial charge in [-0.05, 0) is 28.1 Å². The third-order valence-electron chi connectivity index (χ3n) is 4.00. The number of aliphatic imine (C=N–C) groups is 1. The lowest BCUT2D eigenvalue weighted by molar-refractivity contribution is -0.142. The maximum atomic E-state index is 12.5. The molecule has 0 radical (unpaired) electrons. The van der Waals surface area contributed by atoms with Crippen LogP contribution in [0.5, 0.6) is 0 Å². The van der Waals surface area contributed by atoms with E-state index < -0.39 is 23.1 Å². The van der Waals surface area contributed by atoms with Crippen molar-refractivity contribution in [2.24, 2.45) is 19.1 Å². The van der Waals surface area contributed by atoms with E-state index in [1.165, 1.54) is 37.1 Å². The molecule has 0 bridgehead atoms. The van der Waals surface area contributed by atoms with E-state index in [1.807, 2.05) is 12.1 Å². The van der Waals surface area contributed by atoms with E-state index in [1.54, 1.807) is 0 Å². The highest BCUT2D eigenvalue weighted by Crippen LogP contribution is 2.35. The number of nitrogens with zero attached hydrogens (tertiary/aromatic N) is 3. The summed E-state index contributed by atoms with van der Waals surface area (Å²) in [6.07, 6.45) is 0.250. The molecule has 2 aromatic heterocycles. The Kier molecular flexibility index (Phi) is 4.31. The maximum Gasteiger partial charge on any atom is 0.332 e. The largest absolute Gasteiger partial charge is 0.469 e. The van der Waals surface area contributed by atoms with Crippen molar-refractivity contribution in [3.8, 4) is 0 Å². The number of thiophene rings is 1. The number of carbonyl (C=O) groups is 1. The molecule has 0 N–H and O–H groups in total. The first-order valence-corrected chi connectivity index (χ1v) is 8.67. The molecule has 0 spiro atoms. The Morgan fingerprint density at radius 1 is 1.33 bits per heavy atom. The lowest BCUT2D eigenvalue weighted by Gasteiger charge is -2.23. The highest BCUT2D eigenvalue weighted by Gasteiger charge is 2.35. The molecule has 0 amide bonds. The van der Waals surface area contributed by atoms with Crippen molar-refractivity contribution in [3.63, 3.8) is 0 Å². The number of hydrogen-bond acceptors (Lipinski definition) is 6. The first kappa shape index (κ1) is 16.8. The standard InChI is InChI=1S/C15H14BrN3O4S/c1-18-12-11(13(20)19(2)15(18)22)7(14(21)23-3)6-8(17-12)9-4-5-10(16)24-9/h4-5,7H,6H2,1-3H3. The van der Waals surface area contributed by atoms with Crippen molar-refractivity contribution in [2.45, 2.75) is 12.3 Å². The Hall–Kier alpha value is -2.00. The van der Waals surface area contributed by atoms with Gasteiger partial charge in [-0.3, -0.25) is 18.7 Å². The summed E-state index contributed by atoms with van der Waals surface area (Å²) in [7, 11) is 4.20. The molecular formula is C15H14BrN3O4S. The van der Waals surface area contributed by atoms with Crippen LogP contribution in [0.25, 0.3) is 0 Å². The summed E-state index contributed by atoms with van der Waals surface area (Å²) >= 11 is 4.87. The fourth-order valence-corrected chi connectivity index (χ4v) is 4.12. The Balaban J connectivity index is 2.32. The van der Waals surface area contributed by atoms with Crippen molar-refractivity contribution < 1.29 is 9.53 Å². The van der Waals surface area contributed by atoms with E-state index in [4.69, 9.17) is 4.74 Å². The lowest BCUT2D eigenvalue weighted by Crippen LogP contribution is -2.42. The van der Waals surface area contributed by atoms with Gasteiger partial charge in [0.25, 0.3) is 5.56 Å². The van der Waals surface area contributed by atoms with E-state index in [9.17, 15) is 14.4 Å². The number of carbonyl (C=O) groups excluding carboxylic acids is 1. The molecule has 1 aliphatic rings. The van der Waals surface area contributed by atoms with Gasteiger partial charge in [0.1, 0.15) is 5.82 Å². The first-order chi connectivity index (χ1) is 11.3. The molecule has 0 saturated carbocycles. The van der Waals surface area contributed by atoms with Crippen LogP contribution in [-0.2, 0) is 23.6 Å². The Labute approximate surface area is 149 Å². The van der Waals surface area contributed by atoms with Crippen LogP contribution in [0.3, 0.4) is 0 Å². The summed E-state index contributed by atoms with van der Waals surface area (Å²) in [5.41, 5.74) is -0.152. The first-order valence-electron chi connectivity index (χ1n) is 7.06. The number of halogens is 1. The van der Waals surface area contributed by atoms with E-state index >= 15 is 0 Å². The number of hydrogen-bond donors (Lipinski definition) is 0. The van der Waals surface area contributed by atoms with E-state index in [0.29, 0.717) is 5.71 Å². The number of rotatable bonds is 2. The summed E-state index contributed by atoms with van der Waals surface area (Å²) in [5.74, 6) is -1.09. The van der Waals surface area contributed by atoms with Crippen LogP contribution >= 0.6 is 27.3 Å². The van der Waals surface area contributed by atoms with Gasteiger partial charge in [0.2, 0.25) is 0 Å². The van der Waals surface area contributed by atoms with Crippen LogP contribution in [0.15, 0.2) is 30.5 Å². The van der Waals surface area contributed by atoms with Gasteiger partial charge in [-0.1, -0.05) is 0 Å². The van der Waals surface area contributed by atoms with Gasteiger partial charge in [-0.25, -0.2) is 9.79 Å². The zero-order chi connectivity index (χ0) is 17.6. The zero-order valence-corrected chi connectivity index (χ0v) is 15.6. The monoisotopic (exact) mass is 411 g/mol. The summed E-state index contributed by atoms with van der Waals surface area (Å²) in [6.45, 7) is 0. The van der Waals surface area contributed by atoms with Crippen LogP contribution < -0.4 is 11.2 Å². The predicted octanol–water partition coefficient (Wildman–Crippen LogP) is 1.69. The van der Waals surface area contributed by atoms with Crippen LogP contribution in [0.4, 0.5) is 5.82 Å². The van der Waals surface area contributed by atoms with E-state index in [0.717, 1.165) is 13.2 Å². The van der Waals surface area contributed by atoms with Gasteiger partial charge >= 0.3 is 11.7 Å². The van der Waals surface area contributed by atoms with Crippen molar-refractivity contribution in [3.05, 3.63) is 47.2 Å². The normalized spacial score (nSPS) is 16.5. The molecular weight excluding hydrogens is 398 g/mol. The lowest BCUT2D eigenvalue weighted by atomic mass is 9.91. The quantitative estimate of drug-likeness (QED) is 0.703. The van der Waals surface area contributed by atoms with E-state index in [2.05, 4.69) is 20.9 Å². The average molecular weight is 412 g/mol. The molecule has 0 saturated heterocycles. The molecule has 0 fully saturated rings. The smallest absolute Gasteiger partial charge is 0.332 e. The van der Waals surface area contributed by atoms with Crippen LogP contribution in [0, 0.1) is 0 Å². The van der Waals surface area contributed by atoms with Crippen LogP contribution in [-0.4, -0.2) is 27.9 Å². The minimum Gasteiger partial charge on any atom is -0.469 e. The maximum absolute atomic E-state index is 12.5. The second kappa shape index (κ2) is 6.14. The van der Waals surface area contributed by atoms with Crippen molar-refractivity contribution in [1.29, 1.82) is 0 Å². The minimum absolute atomic E-state index is 0.200. The number of methoxy groups -OCH3 is 1. The molecule has 9 heteroatoms. The number of aromatic nitrogens is 2. The second-order valence-electron chi connectivity index (χ2n) is 5.39. The van der Waals surface area contributed by atoms with Crippen molar-refractivity contribution in [2.75, 3.05) is 7.11 Å². The van der Waals surface area contributed by atoms with Gasteiger partial charge in [0, 0.05) is 25.4 Å². The summed E-state index contributed by atoms with van der Waals surface area (Å²) in [5, 5.41) is 0. The summed E-state index contributed by atoms with van der Waals surface area (Å²) in [6, 6.07) is 3.76. The number of esters is 1. The summed E-state index contributed by atoms with van der Waals surface area (Å²) in [4.78, 5) is 42.4. The molecule has 24 heavy (non-hydrogen) atoms. The van der Waals surface area contributed by atoms with Gasteiger partial charge in [-0.2, -0.15) is 0 Å². The second-order valence-corrected chi connectivity index (χ2v) is 7.85. The fourth-order valence-electron chi connectivity index (χ4n) is 2.74. The molecule has 1 atom stereocenters. The molecule has 126 valence electrons. The molecule has 7 nitrogen and oxygen atoms in total. The Morgan fingerprint density at radius 2 is 2.04 bits per heavy atom. The SMILES string of the molecule is COC(=O)C1CC(c2ccc(Br)s2)=Nc2c1c(=O)n(C)c(=O)n2C. The fraction of sp³-hybridized carbons (Fsp3) is 0.333. The zero-order valence-electron chi connectivity index (χ0n) is 13.2. The Morgan fingerprint density at radius 3 is 2.62 bits per heavy atom. The topological polar surface area (TPSA) is 82.7 Å². The average Bonchev–Trinajstić information content (AvgIpc) is 3.02. The molecule has 3 heterocycles. The predicted molar refractivity (Wildman–Crippen MR) is 94.5 cm³/mol. The number of ether oxygens (including phenoxy) is 1. The minimum atomic E-state index is -0.788. The third-order valence-corrected chi connectivity index (χ3v) is 5.67. The summed E-state index contributed by atoms with van der Waals surface area (Å²) < 4.78 is 8.06. The molecule has 0 aromatic carbocycles. The van der Waals surface area contributed by atoms with Gasteiger partial charge in [0.05, 0.1) is 28.1 Å². The Bertz CT molecular complexity index is 986. The van der Waals surface area contributed by atoms with E-state index in [-0.39, 0.29) is 17.8 Å². The van der Waals surface area contributed by atoms with Gasteiger partial charge in [-0.15, -0.1) is 11.3 Å². The molecule has 3 rings (SSSR count).